The Balaban J connectivity index is 1.27. The lowest BCUT2D eigenvalue weighted by Crippen LogP contribution is -2.58. The molecule has 0 aliphatic carbocycles. The maximum atomic E-state index is 14.2. The van der Waals surface area contributed by atoms with Crippen LogP contribution < -0.4 is 43.2 Å². The number of nitrogens with one attached hydrogen (secondary N) is 9. The van der Waals surface area contributed by atoms with Crippen LogP contribution in [0.3, 0.4) is 0 Å². The predicted octanol–water partition coefficient (Wildman–Crippen LogP) is 2.99. The monoisotopic (exact) mass is 811 g/mol. The maximum Gasteiger partial charge on any atom is 0.333 e. The second kappa shape index (κ2) is 21.9. The lowest BCUT2D eigenvalue weighted by molar-refractivity contribution is -0.133. The molecule has 3 aromatic carbocycles. The van der Waals surface area contributed by atoms with Crippen LogP contribution in [0.4, 0.5) is 10.5 Å². The van der Waals surface area contributed by atoms with Gasteiger partial charge in [-0.2, -0.15) is 0 Å². The third kappa shape index (κ3) is 13.2. The summed E-state index contributed by atoms with van der Waals surface area (Å²) in [4.78, 5) is 76.6. The van der Waals surface area contributed by atoms with Gasteiger partial charge in [-0.05, 0) is 55.0 Å². The second-order valence-corrected chi connectivity index (χ2v) is 14.2. The van der Waals surface area contributed by atoms with Crippen molar-refractivity contribution in [2.75, 3.05) is 18.4 Å². The molecule has 0 bridgehead atoms. The Hall–Kier alpha value is -6.23. The van der Waals surface area contributed by atoms with Gasteiger partial charge < -0.3 is 42.3 Å². The molecule has 2 heterocycles. The Morgan fingerprint density at radius 3 is 2.17 bits per heavy atom. The molecular weight excluding hydrogens is 762 g/mol. The van der Waals surface area contributed by atoms with Crippen molar-refractivity contribution < 1.29 is 24.0 Å². The third-order valence-corrected chi connectivity index (χ3v) is 9.69. The number of hydrazine groups is 1. The van der Waals surface area contributed by atoms with Gasteiger partial charge in [0.25, 0.3) is 0 Å². The number of halogens is 1. The Bertz CT molecular complexity index is 2110. The van der Waals surface area contributed by atoms with Crippen LogP contribution in [0.15, 0.2) is 97.6 Å². The number of hydrogen-bond donors (Lipinski definition) is 10. The van der Waals surface area contributed by atoms with Crippen LogP contribution in [-0.4, -0.2) is 81.9 Å². The number of nitrogens with two attached hydrogens (primary N) is 1. The minimum absolute atomic E-state index is 0.109. The van der Waals surface area contributed by atoms with Crippen molar-refractivity contribution in [2.24, 2.45) is 5.73 Å². The van der Waals surface area contributed by atoms with Gasteiger partial charge in [-0.25, -0.2) is 15.2 Å². The summed E-state index contributed by atoms with van der Waals surface area (Å²) >= 11 is 6.13. The lowest BCUT2D eigenvalue weighted by atomic mass is 10.0. The number of nitrogens with zero attached hydrogens (tertiary/aromatic N) is 1. The normalized spacial score (nSPS) is 13.1. The summed E-state index contributed by atoms with van der Waals surface area (Å²) in [6, 6.07) is 19.8. The van der Waals surface area contributed by atoms with Gasteiger partial charge in [0.15, 0.2) is 0 Å². The molecular formula is C41H50ClN11O5. The molecule has 0 saturated carbocycles. The topological polar surface area (TPSA) is 240 Å². The quantitative estimate of drug-likeness (QED) is 0.0390. The first-order valence-corrected chi connectivity index (χ1v) is 19.5. The van der Waals surface area contributed by atoms with E-state index in [1.54, 1.807) is 30.5 Å². The van der Waals surface area contributed by atoms with Crippen molar-refractivity contribution in [1.29, 1.82) is 0 Å². The number of unbranched alkanes of at least 4 members (excludes halogenated alkanes) is 1. The van der Waals surface area contributed by atoms with Gasteiger partial charge in [0, 0.05) is 67.9 Å². The number of hydrogen-bond acceptors (Lipinski definition) is 8. The SMILES string of the molecule is CC(=O)N[C@@H](Cc1cnc[nH]1)C(=O)N[C@H](Cc1ccccc1)C(=O)N[C@@H](CCCCNNC(=O)Nc1ccccc1Cl)C(=O)N[C@H](CN)Cc1c[nH]c2ccccc12. The molecule has 0 radical (unpaired) electrons. The van der Waals surface area contributed by atoms with E-state index < -0.39 is 53.8 Å². The number of H-pyrrole nitrogens is 2. The Labute approximate surface area is 341 Å². The van der Waals surface area contributed by atoms with Crippen molar-refractivity contribution >= 4 is 57.9 Å². The number of aromatic amines is 2. The first-order chi connectivity index (χ1) is 28.1. The summed E-state index contributed by atoms with van der Waals surface area (Å²) < 4.78 is 0. The molecule has 0 spiro atoms. The highest BCUT2D eigenvalue weighted by Crippen LogP contribution is 2.21. The highest BCUT2D eigenvalue weighted by Gasteiger charge is 2.30. The van der Waals surface area contributed by atoms with Crippen LogP contribution in [0.1, 0.15) is 43.0 Å². The van der Waals surface area contributed by atoms with Gasteiger partial charge in [0.1, 0.15) is 18.1 Å². The highest BCUT2D eigenvalue weighted by molar-refractivity contribution is 6.33. The van der Waals surface area contributed by atoms with E-state index in [4.69, 9.17) is 17.3 Å². The van der Waals surface area contributed by atoms with E-state index in [1.165, 1.54) is 13.3 Å². The number of imidazole rings is 1. The van der Waals surface area contributed by atoms with Crippen molar-refractivity contribution in [1.82, 2.24) is 47.1 Å². The molecule has 17 heteroatoms. The zero-order chi connectivity index (χ0) is 41.3. The van der Waals surface area contributed by atoms with E-state index in [0.717, 1.165) is 22.0 Å². The van der Waals surface area contributed by atoms with Crippen LogP contribution in [0.2, 0.25) is 5.02 Å². The number of carbonyl (C=O) groups excluding carboxylic acids is 5. The van der Waals surface area contributed by atoms with Gasteiger partial charge in [0.05, 0.1) is 17.0 Å². The Kier molecular flexibility index (Phi) is 16.2. The molecule has 5 aromatic rings. The second-order valence-electron chi connectivity index (χ2n) is 13.8. The van der Waals surface area contributed by atoms with Crippen LogP contribution >= 0.6 is 11.6 Å². The van der Waals surface area contributed by atoms with E-state index in [0.29, 0.717) is 42.2 Å². The molecule has 4 atom stereocenters. The van der Waals surface area contributed by atoms with E-state index >= 15 is 0 Å². The number of aromatic nitrogens is 3. The van der Waals surface area contributed by atoms with Crippen LogP contribution in [0.25, 0.3) is 10.9 Å². The fourth-order valence-electron chi connectivity index (χ4n) is 6.43. The van der Waals surface area contributed by atoms with Crippen molar-refractivity contribution in [3.05, 3.63) is 119 Å². The van der Waals surface area contributed by atoms with Gasteiger partial charge in [-0.1, -0.05) is 72.3 Å². The molecule has 0 fully saturated rings. The molecule has 5 rings (SSSR count). The van der Waals surface area contributed by atoms with Crippen molar-refractivity contribution in [3.63, 3.8) is 0 Å². The lowest BCUT2D eigenvalue weighted by Gasteiger charge is -2.26. The zero-order valence-corrected chi connectivity index (χ0v) is 32.9. The number of carbonyl (C=O) groups is 5. The molecule has 16 nitrogen and oxygen atoms in total. The number of benzene rings is 3. The van der Waals surface area contributed by atoms with Crippen molar-refractivity contribution in [2.45, 2.75) is 69.6 Å². The van der Waals surface area contributed by atoms with E-state index in [1.807, 2.05) is 60.8 Å². The van der Waals surface area contributed by atoms with Crippen LogP contribution in [0.5, 0.6) is 0 Å². The van der Waals surface area contributed by atoms with Gasteiger partial charge in [-0.15, -0.1) is 0 Å². The minimum Gasteiger partial charge on any atom is -0.361 e. The first kappa shape index (κ1) is 42.9. The number of amides is 6. The number of rotatable bonds is 21. The third-order valence-electron chi connectivity index (χ3n) is 9.36. The molecule has 0 unspecified atom stereocenters. The summed E-state index contributed by atoms with van der Waals surface area (Å²) in [5, 5.41) is 15.5. The van der Waals surface area contributed by atoms with E-state index in [-0.39, 0.29) is 25.8 Å². The molecule has 0 aliphatic heterocycles. The van der Waals surface area contributed by atoms with Gasteiger partial charge in [0.2, 0.25) is 23.6 Å². The smallest absolute Gasteiger partial charge is 0.333 e. The summed E-state index contributed by atoms with van der Waals surface area (Å²) in [7, 11) is 0. The largest absolute Gasteiger partial charge is 0.361 e. The average Bonchev–Trinajstić information content (AvgIpc) is 3.89. The molecule has 11 N–H and O–H groups in total. The summed E-state index contributed by atoms with van der Waals surface area (Å²) in [6.45, 7) is 1.81. The van der Waals surface area contributed by atoms with E-state index in [2.05, 4.69) is 52.4 Å². The molecule has 58 heavy (non-hydrogen) atoms. The van der Waals surface area contributed by atoms with Gasteiger partial charge >= 0.3 is 6.03 Å². The van der Waals surface area contributed by atoms with Crippen LogP contribution in [-0.2, 0) is 38.4 Å². The number of para-hydroxylation sites is 2. The number of urea groups is 1. The fraction of sp³-hybridized carbons (Fsp3) is 0.317. The molecule has 306 valence electrons. The van der Waals surface area contributed by atoms with E-state index in [9.17, 15) is 24.0 Å². The summed E-state index contributed by atoms with van der Waals surface area (Å²) in [6.07, 6.45) is 6.81. The standard InChI is InChI=1S/C41H50ClN11O5/c1-26(54)48-37(21-30-24-44-25-46-30)40(57)51-36(19-27-11-3-2-4-12-27)39(56)50-35(17-9-10-18-47-53-41(58)52-34-16-8-6-14-32(34)42)38(55)49-29(22-43)20-28-23-45-33-15-7-5-13-31(28)33/h2-8,11-16,23-25,29,35-37,45,47H,9-10,17-22,43H2,1H3,(H,44,46)(H,48,54)(H,49,55)(H,50,56)(H,51,57)(H2,52,53,58)/t29-,35-,36+,37-/m0/s1. The zero-order valence-electron chi connectivity index (χ0n) is 32.1. The number of anilines is 1. The molecule has 0 saturated heterocycles. The highest BCUT2D eigenvalue weighted by atomic mass is 35.5. The molecule has 2 aromatic heterocycles. The van der Waals surface area contributed by atoms with Crippen molar-refractivity contribution in [3.8, 4) is 0 Å². The first-order valence-electron chi connectivity index (χ1n) is 19.1. The number of fused-ring (bicyclic) bond motifs is 1. The average molecular weight is 812 g/mol. The van der Waals surface area contributed by atoms with Gasteiger partial charge in [-0.3, -0.25) is 24.6 Å². The minimum atomic E-state index is -1.11. The Morgan fingerprint density at radius 1 is 0.759 bits per heavy atom. The maximum absolute atomic E-state index is 14.2. The fourth-order valence-corrected chi connectivity index (χ4v) is 6.61. The predicted molar refractivity (Wildman–Crippen MR) is 222 cm³/mol. The summed E-state index contributed by atoms with van der Waals surface area (Å²) in [5.41, 5.74) is 15.4. The molecule has 0 aliphatic rings. The molecule has 6 amide bonds. The van der Waals surface area contributed by atoms with Crippen LogP contribution in [0, 0.1) is 0 Å². The summed E-state index contributed by atoms with van der Waals surface area (Å²) in [5.74, 6) is -2.03. The Morgan fingerprint density at radius 2 is 1.45 bits per heavy atom.